The molecule has 0 aromatic heterocycles. The van der Waals surface area contributed by atoms with Crippen molar-refractivity contribution in [3.05, 3.63) is 131 Å². The molecule has 0 fully saturated rings. The van der Waals surface area contributed by atoms with Crippen LogP contribution >= 0.6 is 0 Å². The summed E-state index contributed by atoms with van der Waals surface area (Å²) < 4.78 is 11.9. The van der Waals surface area contributed by atoms with E-state index in [4.69, 9.17) is 20.4 Å². The number of amidine groups is 1. The highest BCUT2D eigenvalue weighted by Gasteiger charge is 2.22. The Hall–Kier alpha value is -4.25. The van der Waals surface area contributed by atoms with Gasteiger partial charge in [0, 0.05) is 11.0 Å². The normalized spacial score (nSPS) is 11.8. The predicted molar refractivity (Wildman–Crippen MR) is 139 cm³/mol. The largest absolute Gasteiger partial charge is 0.489 e. The molecule has 0 amide bonds. The van der Waals surface area contributed by atoms with Crippen molar-refractivity contribution < 1.29 is 14.7 Å². The van der Waals surface area contributed by atoms with Gasteiger partial charge in [0.25, 0.3) is 0 Å². The van der Waals surface area contributed by atoms with Gasteiger partial charge in [-0.25, -0.2) is 0 Å². The molecule has 0 heterocycles. The Morgan fingerprint density at radius 2 is 1.23 bits per heavy atom. The molecule has 0 bridgehead atoms. The lowest BCUT2D eigenvalue weighted by Crippen LogP contribution is -2.18. The molecule has 35 heavy (non-hydrogen) atoms. The molecular formula is C30H30N2O3. The Morgan fingerprint density at radius 1 is 0.714 bits per heavy atom. The number of benzene rings is 4. The van der Waals surface area contributed by atoms with Gasteiger partial charge in [-0.3, -0.25) is 0 Å². The summed E-state index contributed by atoms with van der Waals surface area (Å²) in [7, 11) is 0. The third-order valence-electron chi connectivity index (χ3n) is 6.13. The first-order chi connectivity index (χ1) is 17.0. The quantitative estimate of drug-likeness (QED) is 0.132. The number of oxime groups is 1. The minimum atomic E-state index is -0.0759. The molecule has 0 atom stereocenters. The Kier molecular flexibility index (Phi) is 7.36. The van der Waals surface area contributed by atoms with Crippen molar-refractivity contribution in [2.24, 2.45) is 10.9 Å². The van der Waals surface area contributed by atoms with Crippen LogP contribution in [-0.4, -0.2) is 11.0 Å². The zero-order valence-corrected chi connectivity index (χ0v) is 20.0. The fourth-order valence-electron chi connectivity index (χ4n) is 3.91. The lowest BCUT2D eigenvalue weighted by Gasteiger charge is -2.26. The Morgan fingerprint density at radius 3 is 1.77 bits per heavy atom. The zero-order valence-electron chi connectivity index (χ0n) is 20.0. The predicted octanol–water partition coefficient (Wildman–Crippen LogP) is 6.27. The summed E-state index contributed by atoms with van der Waals surface area (Å²) in [6.07, 6.45) is 0. The van der Waals surface area contributed by atoms with E-state index in [1.54, 1.807) is 24.3 Å². The number of ether oxygens (including phenoxy) is 2. The van der Waals surface area contributed by atoms with Gasteiger partial charge in [-0.2, -0.15) is 0 Å². The molecule has 0 unspecified atom stereocenters. The molecule has 178 valence electrons. The third-order valence-corrected chi connectivity index (χ3v) is 6.13. The topological polar surface area (TPSA) is 77.1 Å². The van der Waals surface area contributed by atoms with E-state index in [9.17, 15) is 0 Å². The second-order valence-electron chi connectivity index (χ2n) is 8.92. The second-order valence-corrected chi connectivity index (χ2v) is 8.92. The molecule has 0 saturated heterocycles. The first-order valence-corrected chi connectivity index (χ1v) is 11.5. The van der Waals surface area contributed by atoms with Crippen LogP contribution in [0.15, 0.2) is 108 Å². The standard InChI is InChI=1S/C30H30N2O3/c1-30(2,25-9-4-3-5-10-25)26-13-17-28(18-14-26)35-21-23-8-6-7-22(19-23)20-34-27-15-11-24(12-16-27)29(31)32-33/h3-19,33H,20-21H2,1-2H3,(H2,31,32). The molecule has 0 spiro atoms. The molecule has 0 saturated carbocycles. The monoisotopic (exact) mass is 466 g/mol. The van der Waals surface area contributed by atoms with Crippen molar-refractivity contribution in [1.29, 1.82) is 0 Å². The number of nitrogens with zero attached hydrogens (tertiary/aromatic N) is 1. The van der Waals surface area contributed by atoms with Crippen molar-refractivity contribution >= 4 is 5.84 Å². The van der Waals surface area contributed by atoms with Gasteiger partial charge < -0.3 is 20.4 Å². The fraction of sp³-hybridized carbons (Fsp3) is 0.167. The molecular weight excluding hydrogens is 436 g/mol. The molecule has 4 rings (SSSR count). The number of hydrogen-bond acceptors (Lipinski definition) is 4. The molecule has 3 N–H and O–H groups in total. The van der Waals surface area contributed by atoms with Crippen LogP contribution in [0.1, 0.15) is 41.7 Å². The van der Waals surface area contributed by atoms with E-state index in [-0.39, 0.29) is 11.3 Å². The first-order valence-electron chi connectivity index (χ1n) is 11.5. The van der Waals surface area contributed by atoms with Gasteiger partial charge in [-0.1, -0.05) is 79.7 Å². The van der Waals surface area contributed by atoms with E-state index in [1.165, 1.54) is 11.1 Å². The average molecular weight is 467 g/mol. The van der Waals surface area contributed by atoms with Crippen molar-refractivity contribution in [3.63, 3.8) is 0 Å². The number of rotatable bonds is 9. The zero-order chi connectivity index (χ0) is 24.7. The minimum absolute atomic E-state index is 0.0683. The fourth-order valence-corrected chi connectivity index (χ4v) is 3.91. The molecule has 5 nitrogen and oxygen atoms in total. The highest BCUT2D eigenvalue weighted by molar-refractivity contribution is 5.97. The van der Waals surface area contributed by atoms with Crippen molar-refractivity contribution in [2.45, 2.75) is 32.5 Å². The van der Waals surface area contributed by atoms with Gasteiger partial charge in [0.05, 0.1) is 0 Å². The summed E-state index contributed by atoms with van der Waals surface area (Å²) in [5, 5.41) is 11.8. The van der Waals surface area contributed by atoms with E-state index in [0.29, 0.717) is 24.5 Å². The van der Waals surface area contributed by atoms with E-state index >= 15 is 0 Å². The van der Waals surface area contributed by atoms with Crippen LogP contribution < -0.4 is 15.2 Å². The third kappa shape index (κ3) is 6.01. The maximum atomic E-state index is 8.76. The Bertz CT molecular complexity index is 1270. The number of nitrogens with two attached hydrogens (primary N) is 1. The van der Waals surface area contributed by atoms with Crippen LogP contribution in [-0.2, 0) is 18.6 Å². The molecule has 0 radical (unpaired) electrons. The molecule has 0 aliphatic heterocycles. The van der Waals surface area contributed by atoms with Crippen molar-refractivity contribution in [3.8, 4) is 11.5 Å². The summed E-state index contributed by atoms with van der Waals surface area (Å²) in [5.74, 6) is 1.61. The number of hydrogen-bond donors (Lipinski definition) is 2. The summed E-state index contributed by atoms with van der Waals surface area (Å²) in [5.41, 5.74) is 10.8. The Balaban J connectivity index is 1.33. The summed E-state index contributed by atoms with van der Waals surface area (Å²) in [6, 6.07) is 34.1. The molecule has 0 aliphatic carbocycles. The SMILES string of the molecule is CC(C)(c1ccccc1)c1ccc(OCc2cccc(COc3ccc(/C(N)=N\O)cc3)c2)cc1. The average Bonchev–Trinajstić information content (AvgIpc) is 2.91. The van der Waals surface area contributed by atoms with E-state index in [1.807, 2.05) is 36.4 Å². The van der Waals surface area contributed by atoms with Gasteiger partial charge in [-0.15, -0.1) is 0 Å². The van der Waals surface area contributed by atoms with Crippen LogP contribution in [0.25, 0.3) is 0 Å². The Labute approximate surface area is 206 Å². The molecule has 4 aromatic carbocycles. The minimum Gasteiger partial charge on any atom is -0.489 e. The maximum Gasteiger partial charge on any atom is 0.170 e. The van der Waals surface area contributed by atoms with Gasteiger partial charge in [0.1, 0.15) is 24.7 Å². The van der Waals surface area contributed by atoms with Gasteiger partial charge in [0.15, 0.2) is 5.84 Å². The summed E-state index contributed by atoms with van der Waals surface area (Å²) in [4.78, 5) is 0. The van der Waals surface area contributed by atoms with Crippen molar-refractivity contribution in [1.82, 2.24) is 0 Å². The second kappa shape index (κ2) is 10.8. The van der Waals surface area contributed by atoms with Gasteiger partial charge >= 0.3 is 0 Å². The van der Waals surface area contributed by atoms with Crippen molar-refractivity contribution in [2.75, 3.05) is 0 Å². The molecule has 0 aliphatic rings. The smallest absolute Gasteiger partial charge is 0.170 e. The maximum absolute atomic E-state index is 8.76. The van der Waals surface area contributed by atoms with Crippen LogP contribution in [0, 0.1) is 0 Å². The highest BCUT2D eigenvalue weighted by Crippen LogP contribution is 2.32. The van der Waals surface area contributed by atoms with Gasteiger partial charge in [-0.05, 0) is 64.7 Å². The van der Waals surface area contributed by atoms with Crippen LogP contribution in [0.4, 0.5) is 0 Å². The first kappa shape index (κ1) is 23.9. The molecule has 5 heteroatoms. The van der Waals surface area contributed by atoms with E-state index in [0.717, 1.165) is 16.9 Å². The molecule has 4 aromatic rings. The van der Waals surface area contributed by atoms with E-state index < -0.39 is 0 Å². The van der Waals surface area contributed by atoms with Gasteiger partial charge in [0.2, 0.25) is 0 Å². The lowest BCUT2D eigenvalue weighted by atomic mass is 9.78. The van der Waals surface area contributed by atoms with Crippen LogP contribution in [0.2, 0.25) is 0 Å². The summed E-state index contributed by atoms with van der Waals surface area (Å²) in [6.45, 7) is 5.38. The van der Waals surface area contributed by atoms with Crippen LogP contribution in [0.5, 0.6) is 11.5 Å². The van der Waals surface area contributed by atoms with E-state index in [2.05, 4.69) is 61.5 Å². The summed E-state index contributed by atoms with van der Waals surface area (Å²) >= 11 is 0. The highest BCUT2D eigenvalue weighted by atomic mass is 16.5. The van der Waals surface area contributed by atoms with Crippen LogP contribution in [0.3, 0.4) is 0 Å². The lowest BCUT2D eigenvalue weighted by molar-refractivity contribution is 0.299.